The maximum atomic E-state index is 13.0. The van der Waals surface area contributed by atoms with Gasteiger partial charge in [-0.2, -0.15) is 0 Å². The van der Waals surface area contributed by atoms with E-state index in [1.165, 1.54) is 12.3 Å². The summed E-state index contributed by atoms with van der Waals surface area (Å²) >= 11 is 0. The van der Waals surface area contributed by atoms with Crippen molar-refractivity contribution in [2.24, 2.45) is 5.92 Å². The molecular weight excluding hydrogens is 325 g/mol. The normalized spacial score (nSPS) is 25.0. The van der Waals surface area contributed by atoms with E-state index in [4.69, 9.17) is 4.74 Å². The maximum absolute atomic E-state index is 13.0. The fraction of sp³-hybridized carbons (Fsp3) is 0.667. The van der Waals surface area contributed by atoms with E-state index in [2.05, 4.69) is 10.3 Å². The summed E-state index contributed by atoms with van der Waals surface area (Å²) < 4.78 is 18.3. The van der Waals surface area contributed by atoms with Crippen LogP contribution < -0.4 is 10.2 Å². The van der Waals surface area contributed by atoms with Crippen molar-refractivity contribution in [1.29, 1.82) is 0 Å². The third-order valence-corrected chi connectivity index (χ3v) is 5.02. The summed E-state index contributed by atoms with van der Waals surface area (Å²) in [6.45, 7) is 2.82. The first-order chi connectivity index (χ1) is 12.0. The second-order valence-corrected chi connectivity index (χ2v) is 7.12. The van der Waals surface area contributed by atoms with Crippen molar-refractivity contribution >= 4 is 11.7 Å². The maximum Gasteiger partial charge on any atom is 0.220 e. The predicted molar refractivity (Wildman–Crippen MR) is 91.8 cm³/mol. The van der Waals surface area contributed by atoms with Crippen LogP contribution in [-0.4, -0.2) is 54.4 Å². The standard InChI is InChI=1S/C18H26FN3O3/c19-15-2-3-16(20-11-15)22-7-1-6-18(24,13-22)12-21-17(23)10-14-4-8-25-9-5-14/h2-3,11,14,24H,1,4-10,12-13H2,(H,21,23)/t18-/m1/s1. The molecule has 2 aliphatic heterocycles. The summed E-state index contributed by atoms with van der Waals surface area (Å²) in [6, 6.07) is 2.98. The molecule has 25 heavy (non-hydrogen) atoms. The van der Waals surface area contributed by atoms with Gasteiger partial charge in [-0.15, -0.1) is 0 Å². The lowest BCUT2D eigenvalue weighted by Gasteiger charge is -2.40. The summed E-state index contributed by atoms with van der Waals surface area (Å²) in [5.74, 6) is 0.622. The van der Waals surface area contributed by atoms with E-state index in [0.717, 1.165) is 39.0 Å². The van der Waals surface area contributed by atoms with Crippen molar-refractivity contribution in [1.82, 2.24) is 10.3 Å². The van der Waals surface area contributed by atoms with Crippen LogP contribution >= 0.6 is 0 Å². The highest BCUT2D eigenvalue weighted by molar-refractivity contribution is 5.76. The van der Waals surface area contributed by atoms with E-state index in [1.54, 1.807) is 6.07 Å². The average Bonchev–Trinajstić information content (AvgIpc) is 2.62. The third kappa shape index (κ3) is 5.12. The molecule has 2 saturated heterocycles. The molecule has 0 bridgehead atoms. The number of carbonyl (C=O) groups excluding carboxylic acids is 1. The number of halogens is 1. The van der Waals surface area contributed by atoms with Gasteiger partial charge >= 0.3 is 0 Å². The zero-order chi connectivity index (χ0) is 17.7. The molecule has 2 fully saturated rings. The summed E-state index contributed by atoms with van der Waals surface area (Å²) in [7, 11) is 0. The molecule has 1 aromatic heterocycles. The van der Waals surface area contributed by atoms with E-state index >= 15 is 0 Å². The number of nitrogens with one attached hydrogen (secondary N) is 1. The number of aromatic nitrogens is 1. The number of aliphatic hydroxyl groups is 1. The van der Waals surface area contributed by atoms with Gasteiger partial charge in [0.1, 0.15) is 11.6 Å². The second kappa shape index (κ2) is 8.10. The fourth-order valence-electron chi connectivity index (χ4n) is 3.56. The number of ether oxygens (including phenoxy) is 1. The topological polar surface area (TPSA) is 74.7 Å². The van der Waals surface area contributed by atoms with Crippen molar-refractivity contribution in [2.45, 2.75) is 37.7 Å². The largest absolute Gasteiger partial charge is 0.386 e. The number of rotatable bonds is 5. The van der Waals surface area contributed by atoms with Crippen LogP contribution in [0, 0.1) is 11.7 Å². The highest BCUT2D eigenvalue weighted by Gasteiger charge is 2.34. The highest BCUT2D eigenvalue weighted by Crippen LogP contribution is 2.25. The van der Waals surface area contributed by atoms with Gasteiger partial charge in [-0.05, 0) is 43.7 Å². The average molecular weight is 351 g/mol. The molecule has 2 N–H and O–H groups in total. The van der Waals surface area contributed by atoms with E-state index in [-0.39, 0.29) is 18.3 Å². The minimum Gasteiger partial charge on any atom is -0.386 e. The Morgan fingerprint density at radius 3 is 2.96 bits per heavy atom. The first kappa shape index (κ1) is 18.1. The Labute approximate surface area is 147 Å². The van der Waals surface area contributed by atoms with Crippen LogP contribution in [0.4, 0.5) is 10.2 Å². The van der Waals surface area contributed by atoms with Gasteiger partial charge in [-0.25, -0.2) is 9.37 Å². The molecule has 138 valence electrons. The summed E-state index contributed by atoms with van der Waals surface area (Å²) in [6.07, 6.45) is 4.93. The summed E-state index contributed by atoms with van der Waals surface area (Å²) in [4.78, 5) is 18.2. The van der Waals surface area contributed by atoms with E-state index in [0.29, 0.717) is 31.1 Å². The van der Waals surface area contributed by atoms with Crippen LogP contribution in [0.5, 0.6) is 0 Å². The van der Waals surface area contributed by atoms with Crippen LogP contribution in [0.25, 0.3) is 0 Å². The van der Waals surface area contributed by atoms with Crippen LogP contribution in [0.2, 0.25) is 0 Å². The van der Waals surface area contributed by atoms with Gasteiger partial charge < -0.3 is 20.1 Å². The number of nitrogens with zero attached hydrogens (tertiary/aromatic N) is 2. The summed E-state index contributed by atoms with van der Waals surface area (Å²) in [5, 5.41) is 13.7. The molecule has 1 amide bonds. The van der Waals surface area contributed by atoms with Crippen molar-refractivity contribution < 1.29 is 19.0 Å². The Hall–Kier alpha value is -1.73. The molecule has 0 unspecified atom stereocenters. The molecule has 3 heterocycles. The monoisotopic (exact) mass is 351 g/mol. The lowest BCUT2D eigenvalue weighted by molar-refractivity contribution is -0.124. The van der Waals surface area contributed by atoms with Crippen LogP contribution in [0.15, 0.2) is 18.3 Å². The smallest absolute Gasteiger partial charge is 0.220 e. The van der Waals surface area contributed by atoms with Gasteiger partial charge in [0.05, 0.1) is 11.8 Å². The van der Waals surface area contributed by atoms with Crippen molar-refractivity contribution in [2.75, 3.05) is 37.7 Å². The molecule has 0 aromatic carbocycles. The van der Waals surface area contributed by atoms with Crippen LogP contribution in [0.1, 0.15) is 32.1 Å². The molecule has 0 aliphatic carbocycles. The van der Waals surface area contributed by atoms with E-state index < -0.39 is 5.60 Å². The Kier molecular flexibility index (Phi) is 5.86. The van der Waals surface area contributed by atoms with E-state index in [9.17, 15) is 14.3 Å². The molecule has 0 spiro atoms. The predicted octanol–water partition coefficient (Wildman–Crippen LogP) is 1.48. The molecule has 0 radical (unpaired) electrons. The third-order valence-electron chi connectivity index (χ3n) is 5.02. The van der Waals surface area contributed by atoms with Crippen LogP contribution in [0.3, 0.4) is 0 Å². The Balaban J connectivity index is 1.50. The van der Waals surface area contributed by atoms with Crippen molar-refractivity contribution in [3.05, 3.63) is 24.1 Å². The lowest BCUT2D eigenvalue weighted by Crippen LogP contribution is -2.54. The second-order valence-electron chi connectivity index (χ2n) is 7.12. The molecular formula is C18H26FN3O3. The van der Waals surface area contributed by atoms with Gasteiger partial charge in [0.2, 0.25) is 5.91 Å². The molecule has 0 saturated carbocycles. The van der Waals surface area contributed by atoms with Gasteiger partial charge in [0.25, 0.3) is 0 Å². The lowest BCUT2D eigenvalue weighted by atomic mass is 9.92. The first-order valence-corrected chi connectivity index (χ1v) is 8.97. The zero-order valence-corrected chi connectivity index (χ0v) is 14.4. The minimum atomic E-state index is -0.986. The van der Waals surface area contributed by atoms with Gasteiger partial charge in [0.15, 0.2) is 0 Å². The number of hydrogen-bond donors (Lipinski definition) is 2. The molecule has 7 heteroatoms. The summed E-state index contributed by atoms with van der Waals surface area (Å²) in [5.41, 5.74) is -0.986. The number of amides is 1. The number of carbonyl (C=O) groups is 1. The molecule has 2 aliphatic rings. The number of β-amino-alcohol motifs (C(OH)–C–C–N with tert-alkyl or cyclic N) is 1. The first-order valence-electron chi connectivity index (χ1n) is 8.97. The van der Waals surface area contributed by atoms with Crippen LogP contribution in [-0.2, 0) is 9.53 Å². The fourth-order valence-corrected chi connectivity index (χ4v) is 3.56. The number of anilines is 1. The van der Waals surface area contributed by atoms with Gasteiger partial charge in [0, 0.05) is 39.3 Å². The number of pyridine rings is 1. The SMILES string of the molecule is O=C(CC1CCOCC1)NC[C@]1(O)CCCN(c2ccc(F)cn2)C1. The number of piperidine rings is 1. The van der Waals surface area contributed by atoms with Crippen molar-refractivity contribution in [3.63, 3.8) is 0 Å². The highest BCUT2D eigenvalue weighted by atomic mass is 19.1. The van der Waals surface area contributed by atoms with Gasteiger partial charge in [-0.1, -0.05) is 0 Å². The Morgan fingerprint density at radius 2 is 2.24 bits per heavy atom. The molecule has 6 nitrogen and oxygen atoms in total. The Morgan fingerprint density at radius 1 is 1.44 bits per heavy atom. The molecule has 1 aromatic rings. The van der Waals surface area contributed by atoms with Gasteiger partial charge in [-0.3, -0.25) is 4.79 Å². The van der Waals surface area contributed by atoms with E-state index in [1.807, 2.05) is 4.90 Å². The number of hydrogen-bond acceptors (Lipinski definition) is 5. The minimum absolute atomic E-state index is 0.0163. The molecule has 3 rings (SSSR count). The van der Waals surface area contributed by atoms with Crippen molar-refractivity contribution in [3.8, 4) is 0 Å². The molecule has 1 atom stereocenters. The quantitative estimate of drug-likeness (QED) is 0.841. The zero-order valence-electron chi connectivity index (χ0n) is 14.4. The Bertz CT molecular complexity index is 577.